The van der Waals surface area contributed by atoms with E-state index in [0.29, 0.717) is 0 Å². The number of hydrogen-bond donors (Lipinski definition) is 0. The first kappa shape index (κ1) is 8.09. The van der Waals surface area contributed by atoms with E-state index in [1.807, 2.05) is 19.9 Å². The van der Waals surface area contributed by atoms with E-state index in [-0.39, 0.29) is 0 Å². The minimum absolute atomic E-state index is 0.817. The van der Waals surface area contributed by atoms with Gasteiger partial charge in [0.1, 0.15) is 0 Å². The zero-order valence-corrected chi connectivity index (χ0v) is 8.25. The number of benzene rings is 1. The summed E-state index contributed by atoms with van der Waals surface area (Å²) in [6.07, 6.45) is 0. The molecule has 10 heavy (non-hydrogen) atoms. The van der Waals surface area contributed by atoms with Crippen molar-refractivity contribution in [2.75, 3.05) is 0 Å². The van der Waals surface area contributed by atoms with Gasteiger partial charge >= 0.3 is 0 Å². The average Bonchev–Trinajstić information content (AvgIpc) is 1.84. The van der Waals surface area contributed by atoms with Crippen LogP contribution in [0.1, 0.15) is 11.1 Å². The van der Waals surface area contributed by atoms with Crippen LogP contribution < -0.4 is 0 Å². The Morgan fingerprint density at radius 3 is 2.30 bits per heavy atom. The monoisotopic (exact) mass is 218 g/mol. The highest BCUT2D eigenvalue weighted by molar-refractivity contribution is 9.10. The van der Waals surface area contributed by atoms with Gasteiger partial charge in [-0.2, -0.15) is 0 Å². The molecule has 0 nitrogen and oxygen atoms in total. The van der Waals surface area contributed by atoms with Crippen molar-refractivity contribution in [3.8, 4) is 0 Å². The second kappa shape index (κ2) is 2.93. The largest absolute Gasteiger partial charge is 0.0840 e. The van der Waals surface area contributed by atoms with Crippen LogP contribution in [0.2, 0.25) is 5.02 Å². The predicted molar refractivity (Wildman–Crippen MR) is 48.6 cm³/mol. The molecule has 2 heteroatoms. The third-order valence-corrected chi connectivity index (χ3v) is 2.70. The minimum Gasteiger partial charge on any atom is -0.0840 e. The topological polar surface area (TPSA) is 0 Å². The normalized spacial score (nSPS) is 10.0. The fourth-order valence-electron chi connectivity index (χ4n) is 0.802. The smallest absolute Gasteiger partial charge is 0.0446 e. The standard InChI is InChI=1S/C8H8BrCl/c1-5-3-6(2)8(10)4-7(5)9/h3-4H,1-2H3. The van der Waals surface area contributed by atoms with Crippen molar-refractivity contribution >= 4 is 27.5 Å². The number of aryl methyl sites for hydroxylation is 2. The first-order valence-corrected chi connectivity index (χ1v) is 4.20. The molecular weight excluding hydrogens is 211 g/mol. The molecule has 1 rings (SSSR count). The van der Waals surface area contributed by atoms with Crippen molar-refractivity contribution in [1.29, 1.82) is 0 Å². The third-order valence-electron chi connectivity index (χ3n) is 1.44. The minimum atomic E-state index is 0.817. The molecule has 0 saturated carbocycles. The summed E-state index contributed by atoms with van der Waals surface area (Å²) < 4.78 is 1.07. The Labute approximate surface area is 74.3 Å². The number of rotatable bonds is 0. The van der Waals surface area contributed by atoms with Gasteiger partial charge in [0.15, 0.2) is 0 Å². The summed E-state index contributed by atoms with van der Waals surface area (Å²) in [7, 11) is 0. The van der Waals surface area contributed by atoms with Crippen LogP contribution in [0.3, 0.4) is 0 Å². The van der Waals surface area contributed by atoms with Crippen molar-refractivity contribution in [3.05, 3.63) is 32.8 Å². The van der Waals surface area contributed by atoms with Gasteiger partial charge < -0.3 is 0 Å². The highest BCUT2D eigenvalue weighted by Gasteiger charge is 1.98. The molecule has 0 spiro atoms. The fourth-order valence-corrected chi connectivity index (χ4v) is 1.44. The molecule has 0 heterocycles. The highest BCUT2D eigenvalue weighted by atomic mass is 79.9. The summed E-state index contributed by atoms with van der Waals surface area (Å²) in [5, 5.41) is 0.817. The van der Waals surface area contributed by atoms with Gasteiger partial charge in [0, 0.05) is 9.50 Å². The summed E-state index contributed by atoms with van der Waals surface area (Å²) in [4.78, 5) is 0. The first-order valence-electron chi connectivity index (χ1n) is 3.03. The maximum atomic E-state index is 5.86. The van der Waals surface area contributed by atoms with Gasteiger partial charge in [-0.3, -0.25) is 0 Å². The van der Waals surface area contributed by atoms with Crippen LogP contribution >= 0.6 is 27.5 Å². The molecule has 0 aliphatic rings. The van der Waals surface area contributed by atoms with E-state index in [0.717, 1.165) is 15.1 Å². The molecule has 0 aromatic heterocycles. The Balaban J connectivity index is 3.28. The Morgan fingerprint density at radius 2 is 1.80 bits per heavy atom. The van der Waals surface area contributed by atoms with Crippen molar-refractivity contribution in [2.45, 2.75) is 13.8 Å². The van der Waals surface area contributed by atoms with Crippen LogP contribution in [0.25, 0.3) is 0 Å². The second-order valence-corrected chi connectivity index (χ2v) is 3.61. The number of halogens is 2. The summed E-state index contributed by atoms with van der Waals surface area (Å²) in [5.74, 6) is 0. The molecule has 1 aromatic carbocycles. The van der Waals surface area contributed by atoms with Crippen LogP contribution in [0.4, 0.5) is 0 Å². The van der Waals surface area contributed by atoms with Gasteiger partial charge in [0.25, 0.3) is 0 Å². The lowest BCUT2D eigenvalue weighted by Crippen LogP contribution is -1.79. The predicted octanol–water partition coefficient (Wildman–Crippen LogP) is 3.72. The maximum absolute atomic E-state index is 5.86. The van der Waals surface area contributed by atoms with Crippen LogP contribution in [0, 0.1) is 13.8 Å². The molecule has 0 fully saturated rings. The molecule has 0 saturated heterocycles. The van der Waals surface area contributed by atoms with Crippen LogP contribution in [0.5, 0.6) is 0 Å². The van der Waals surface area contributed by atoms with Crippen molar-refractivity contribution in [2.24, 2.45) is 0 Å². The van der Waals surface area contributed by atoms with E-state index in [1.54, 1.807) is 0 Å². The van der Waals surface area contributed by atoms with E-state index in [1.165, 1.54) is 5.56 Å². The van der Waals surface area contributed by atoms with Gasteiger partial charge in [-0.25, -0.2) is 0 Å². The highest BCUT2D eigenvalue weighted by Crippen LogP contribution is 2.24. The average molecular weight is 220 g/mol. The SMILES string of the molecule is Cc1cc(C)c(Br)cc1Cl. The molecule has 0 aliphatic carbocycles. The van der Waals surface area contributed by atoms with E-state index in [2.05, 4.69) is 22.0 Å². The summed E-state index contributed by atoms with van der Waals surface area (Å²) in [6.45, 7) is 4.05. The lowest BCUT2D eigenvalue weighted by molar-refractivity contribution is 1.36. The lowest BCUT2D eigenvalue weighted by Gasteiger charge is -2.01. The summed E-state index contributed by atoms with van der Waals surface area (Å²) in [6, 6.07) is 3.98. The zero-order chi connectivity index (χ0) is 7.72. The first-order chi connectivity index (χ1) is 4.61. The molecule has 0 atom stereocenters. The number of hydrogen-bond acceptors (Lipinski definition) is 0. The third kappa shape index (κ3) is 1.53. The summed E-state index contributed by atoms with van der Waals surface area (Å²) >= 11 is 9.25. The molecule has 0 unspecified atom stereocenters. The molecule has 0 bridgehead atoms. The van der Waals surface area contributed by atoms with Crippen LogP contribution in [0.15, 0.2) is 16.6 Å². The Bertz CT molecular complexity index is 205. The summed E-state index contributed by atoms with van der Waals surface area (Å²) in [5.41, 5.74) is 2.35. The molecule has 0 N–H and O–H groups in total. The van der Waals surface area contributed by atoms with Gasteiger partial charge in [-0.05, 0) is 31.0 Å². The quantitative estimate of drug-likeness (QED) is 0.624. The molecule has 0 radical (unpaired) electrons. The maximum Gasteiger partial charge on any atom is 0.0446 e. The van der Waals surface area contributed by atoms with Crippen LogP contribution in [-0.2, 0) is 0 Å². The van der Waals surface area contributed by atoms with E-state index in [4.69, 9.17) is 11.6 Å². The van der Waals surface area contributed by atoms with E-state index < -0.39 is 0 Å². The van der Waals surface area contributed by atoms with Gasteiger partial charge in [0.05, 0.1) is 0 Å². The van der Waals surface area contributed by atoms with Gasteiger partial charge in [-0.1, -0.05) is 33.6 Å². The lowest BCUT2D eigenvalue weighted by atomic mass is 10.2. The van der Waals surface area contributed by atoms with E-state index in [9.17, 15) is 0 Å². The molecule has 54 valence electrons. The Hall–Kier alpha value is -0.0100. The van der Waals surface area contributed by atoms with Gasteiger partial charge in [-0.15, -0.1) is 0 Å². The van der Waals surface area contributed by atoms with Crippen molar-refractivity contribution < 1.29 is 0 Å². The Kier molecular flexibility index (Phi) is 2.37. The molecule has 1 aromatic rings. The zero-order valence-electron chi connectivity index (χ0n) is 5.91. The molecular formula is C8H8BrCl. The van der Waals surface area contributed by atoms with Gasteiger partial charge in [0.2, 0.25) is 0 Å². The van der Waals surface area contributed by atoms with Crippen LogP contribution in [-0.4, -0.2) is 0 Å². The van der Waals surface area contributed by atoms with Crippen molar-refractivity contribution in [3.63, 3.8) is 0 Å². The molecule has 0 aliphatic heterocycles. The molecule has 0 amide bonds. The van der Waals surface area contributed by atoms with Crippen molar-refractivity contribution in [1.82, 2.24) is 0 Å². The fraction of sp³-hybridized carbons (Fsp3) is 0.250. The van der Waals surface area contributed by atoms with E-state index >= 15 is 0 Å². The second-order valence-electron chi connectivity index (χ2n) is 2.35. The Morgan fingerprint density at radius 1 is 1.20 bits per heavy atom.